The number of ether oxygens (including phenoxy) is 2. The van der Waals surface area contributed by atoms with Gasteiger partial charge >= 0.3 is 0 Å². The summed E-state index contributed by atoms with van der Waals surface area (Å²) in [4.78, 5) is 11.6. The van der Waals surface area contributed by atoms with Crippen LogP contribution >= 0.6 is 0 Å². The lowest BCUT2D eigenvalue weighted by Gasteiger charge is -2.17. The molecular weight excluding hydrogens is 270 g/mol. The lowest BCUT2D eigenvalue weighted by molar-refractivity contribution is 0.0967. The van der Waals surface area contributed by atoms with Gasteiger partial charge in [0.15, 0.2) is 5.78 Å². The molecule has 1 unspecified atom stereocenters. The molecule has 5 nitrogen and oxygen atoms in total. The predicted molar refractivity (Wildman–Crippen MR) is 82.3 cm³/mol. The Labute approximate surface area is 126 Å². The highest BCUT2D eigenvalue weighted by Crippen LogP contribution is 2.25. The van der Waals surface area contributed by atoms with E-state index in [1.54, 1.807) is 18.2 Å². The fraction of sp³-hybridized carbons (Fsp3) is 0.562. The van der Waals surface area contributed by atoms with Crippen molar-refractivity contribution in [1.82, 2.24) is 5.32 Å². The first-order chi connectivity index (χ1) is 9.93. The summed E-state index contributed by atoms with van der Waals surface area (Å²) in [6.07, 6.45) is -0.636. The molecule has 0 bridgehead atoms. The molecule has 1 aromatic carbocycles. The predicted octanol–water partition coefficient (Wildman–Crippen LogP) is 2.03. The van der Waals surface area contributed by atoms with Crippen molar-refractivity contribution in [3.05, 3.63) is 23.8 Å². The zero-order valence-corrected chi connectivity index (χ0v) is 13.2. The van der Waals surface area contributed by atoms with Crippen LogP contribution in [0.2, 0.25) is 0 Å². The number of carbonyl (C=O) groups excluding carboxylic acids is 1. The van der Waals surface area contributed by atoms with E-state index in [4.69, 9.17) is 9.47 Å². The Kier molecular flexibility index (Phi) is 7.19. The highest BCUT2D eigenvalue weighted by Gasteiger charge is 2.12. The van der Waals surface area contributed by atoms with Crippen LogP contribution in [-0.2, 0) is 0 Å². The van der Waals surface area contributed by atoms with Gasteiger partial charge in [-0.05, 0) is 26.0 Å². The van der Waals surface area contributed by atoms with E-state index in [0.29, 0.717) is 36.3 Å². The molecule has 0 saturated heterocycles. The first kappa shape index (κ1) is 17.5. The number of hydrogen-bond acceptors (Lipinski definition) is 5. The minimum absolute atomic E-state index is 0.0807. The van der Waals surface area contributed by atoms with Gasteiger partial charge < -0.3 is 19.9 Å². The van der Waals surface area contributed by atoms with E-state index in [1.807, 2.05) is 20.8 Å². The zero-order valence-electron chi connectivity index (χ0n) is 13.2. The van der Waals surface area contributed by atoms with Gasteiger partial charge in [-0.3, -0.25) is 4.79 Å². The number of aliphatic hydroxyl groups excluding tert-OH is 1. The number of rotatable bonds is 9. The molecule has 0 radical (unpaired) electrons. The summed E-state index contributed by atoms with van der Waals surface area (Å²) in [6.45, 7) is 8.49. The molecule has 0 aromatic heterocycles. The average Bonchev–Trinajstić information content (AvgIpc) is 2.43. The summed E-state index contributed by atoms with van der Waals surface area (Å²) in [7, 11) is 0. The van der Waals surface area contributed by atoms with Crippen LogP contribution in [0.15, 0.2) is 18.2 Å². The molecule has 0 aliphatic rings. The quantitative estimate of drug-likeness (QED) is 0.682. The Morgan fingerprint density at radius 1 is 1.33 bits per heavy atom. The second-order valence-corrected chi connectivity index (χ2v) is 5.17. The van der Waals surface area contributed by atoms with Crippen LogP contribution in [0, 0.1) is 0 Å². The maximum absolute atomic E-state index is 11.6. The Bertz CT molecular complexity index is 460. The summed E-state index contributed by atoms with van der Waals surface area (Å²) < 4.78 is 11.0. The number of ketones is 1. The van der Waals surface area contributed by atoms with Crippen LogP contribution in [0.4, 0.5) is 0 Å². The van der Waals surface area contributed by atoms with Crippen LogP contribution in [0.1, 0.15) is 38.1 Å². The lowest BCUT2D eigenvalue weighted by atomic mass is 10.1. The Balaban J connectivity index is 2.70. The highest BCUT2D eigenvalue weighted by atomic mass is 16.5. The Morgan fingerprint density at radius 3 is 2.62 bits per heavy atom. The van der Waals surface area contributed by atoms with Crippen molar-refractivity contribution >= 4 is 5.78 Å². The van der Waals surface area contributed by atoms with Crippen molar-refractivity contribution in [2.45, 2.75) is 39.8 Å². The molecule has 1 rings (SSSR count). The number of benzene rings is 1. The van der Waals surface area contributed by atoms with E-state index in [9.17, 15) is 9.90 Å². The van der Waals surface area contributed by atoms with Crippen molar-refractivity contribution < 1.29 is 19.4 Å². The molecule has 21 heavy (non-hydrogen) atoms. The Morgan fingerprint density at radius 2 is 2.05 bits per heavy atom. The van der Waals surface area contributed by atoms with Crippen LogP contribution < -0.4 is 14.8 Å². The molecule has 0 fully saturated rings. The molecule has 0 spiro atoms. The van der Waals surface area contributed by atoms with Crippen molar-refractivity contribution in [2.75, 3.05) is 19.8 Å². The molecule has 118 valence electrons. The normalized spacial score (nSPS) is 12.3. The third kappa shape index (κ3) is 6.14. The fourth-order valence-electron chi connectivity index (χ4n) is 1.79. The van der Waals surface area contributed by atoms with Crippen molar-refractivity contribution in [2.24, 2.45) is 0 Å². The number of hydrogen-bond donors (Lipinski definition) is 2. The number of aliphatic hydroxyl groups is 1. The second kappa shape index (κ2) is 8.64. The van der Waals surface area contributed by atoms with Crippen molar-refractivity contribution in [3.63, 3.8) is 0 Å². The summed E-state index contributed by atoms with van der Waals surface area (Å²) in [6, 6.07) is 5.40. The Hall–Kier alpha value is -1.59. The highest BCUT2D eigenvalue weighted by molar-refractivity contribution is 5.97. The average molecular weight is 295 g/mol. The van der Waals surface area contributed by atoms with Gasteiger partial charge in [0.25, 0.3) is 0 Å². The van der Waals surface area contributed by atoms with Gasteiger partial charge in [-0.15, -0.1) is 0 Å². The van der Waals surface area contributed by atoms with E-state index in [2.05, 4.69) is 5.32 Å². The molecule has 0 heterocycles. The third-order valence-electron chi connectivity index (χ3n) is 2.84. The van der Waals surface area contributed by atoms with E-state index in [1.165, 1.54) is 6.92 Å². The van der Waals surface area contributed by atoms with Crippen LogP contribution in [-0.4, -0.2) is 42.8 Å². The first-order valence-corrected chi connectivity index (χ1v) is 7.26. The summed E-state index contributed by atoms with van der Waals surface area (Å²) >= 11 is 0. The van der Waals surface area contributed by atoms with Gasteiger partial charge in [0.05, 0.1) is 12.2 Å². The molecule has 1 aromatic rings. The fourth-order valence-corrected chi connectivity index (χ4v) is 1.79. The second-order valence-electron chi connectivity index (χ2n) is 5.17. The summed E-state index contributed by atoms with van der Waals surface area (Å²) in [5.41, 5.74) is 0.488. The third-order valence-corrected chi connectivity index (χ3v) is 2.84. The zero-order chi connectivity index (χ0) is 15.8. The van der Waals surface area contributed by atoms with E-state index in [0.717, 1.165) is 0 Å². The molecule has 0 aliphatic heterocycles. The number of nitrogens with one attached hydrogen (secondary N) is 1. The van der Waals surface area contributed by atoms with Crippen LogP contribution in [0.5, 0.6) is 11.5 Å². The van der Waals surface area contributed by atoms with E-state index in [-0.39, 0.29) is 12.4 Å². The maximum atomic E-state index is 11.6. The maximum Gasteiger partial charge on any atom is 0.163 e. The molecule has 0 amide bonds. The first-order valence-electron chi connectivity index (χ1n) is 7.26. The summed E-state index contributed by atoms with van der Waals surface area (Å²) in [5.74, 6) is 1.01. The van der Waals surface area contributed by atoms with Gasteiger partial charge in [-0.25, -0.2) is 0 Å². The van der Waals surface area contributed by atoms with Gasteiger partial charge in [0.1, 0.15) is 24.2 Å². The summed E-state index contributed by atoms with van der Waals surface area (Å²) in [5, 5.41) is 13.0. The lowest BCUT2D eigenvalue weighted by Crippen LogP contribution is -2.35. The standard InChI is InChI=1S/C16H25NO4/c1-5-20-14-6-7-15(12(4)18)16(8-14)21-10-13(19)9-17-11(2)3/h6-8,11,13,17,19H,5,9-10H2,1-4H3. The smallest absolute Gasteiger partial charge is 0.163 e. The van der Waals surface area contributed by atoms with Gasteiger partial charge in [0.2, 0.25) is 0 Å². The molecule has 5 heteroatoms. The van der Waals surface area contributed by atoms with Gasteiger partial charge in [-0.2, -0.15) is 0 Å². The van der Waals surface area contributed by atoms with Crippen molar-refractivity contribution in [1.29, 1.82) is 0 Å². The minimum Gasteiger partial charge on any atom is -0.494 e. The molecule has 1 atom stereocenters. The molecule has 0 saturated carbocycles. The van der Waals surface area contributed by atoms with E-state index < -0.39 is 6.10 Å². The van der Waals surface area contributed by atoms with E-state index >= 15 is 0 Å². The van der Waals surface area contributed by atoms with Crippen molar-refractivity contribution in [3.8, 4) is 11.5 Å². The van der Waals surface area contributed by atoms with Crippen LogP contribution in [0.25, 0.3) is 0 Å². The topological polar surface area (TPSA) is 67.8 Å². The van der Waals surface area contributed by atoms with Crippen LogP contribution in [0.3, 0.4) is 0 Å². The SMILES string of the molecule is CCOc1ccc(C(C)=O)c(OCC(O)CNC(C)C)c1. The number of Topliss-reactive ketones (excluding diaryl/α,β-unsaturated/α-hetero) is 1. The monoisotopic (exact) mass is 295 g/mol. The van der Waals surface area contributed by atoms with Gasteiger partial charge in [0, 0.05) is 18.7 Å². The molecule has 0 aliphatic carbocycles. The van der Waals surface area contributed by atoms with Gasteiger partial charge in [-0.1, -0.05) is 13.8 Å². The number of carbonyl (C=O) groups is 1. The molecular formula is C16H25NO4. The minimum atomic E-state index is -0.636. The molecule has 2 N–H and O–H groups in total. The largest absolute Gasteiger partial charge is 0.494 e.